The Hall–Kier alpha value is -3.74. The summed E-state index contributed by atoms with van der Waals surface area (Å²) in [5.74, 6) is 0.687. The Morgan fingerprint density at radius 3 is 2.61 bits per heavy atom. The van der Waals surface area contributed by atoms with Crippen LogP contribution < -0.4 is 5.43 Å². The van der Waals surface area contributed by atoms with Crippen LogP contribution in [0, 0.1) is 24.0 Å². The van der Waals surface area contributed by atoms with Crippen LogP contribution in [0.1, 0.15) is 22.5 Å². The molecule has 0 unspecified atom stereocenters. The van der Waals surface area contributed by atoms with E-state index in [9.17, 15) is 14.9 Å². The van der Waals surface area contributed by atoms with Crippen molar-refractivity contribution in [2.45, 2.75) is 20.3 Å². The number of nitrogens with zero attached hydrogens (tertiary/aromatic N) is 2. The number of aryl methyl sites for hydroxylation is 2. The van der Waals surface area contributed by atoms with Gasteiger partial charge in [0.25, 0.3) is 5.69 Å². The first kappa shape index (κ1) is 19.0. The second-order valence-electron chi connectivity index (χ2n) is 6.41. The van der Waals surface area contributed by atoms with E-state index in [1.165, 1.54) is 18.3 Å². The smallest absolute Gasteiger partial charge is 0.270 e. The third-order valence-electron chi connectivity index (χ3n) is 4.19. The van der Waals surface area contributed by atoms with Gasteiger partial charge in [-0.1, -0.05) is 35.9 Å². The Labute approximate surface area is 161 Å². The molecule has 1 amide bonds. The van der Waals surface area contributed by atoms with Gasteiger partial charge in [0.2, 0.25) is 5.91 Å². The van der Waals surface area contributed by atoms with E-state index in [4.69, 9.17) is 4.42 Å². The van der Waals surface area contributed by atoms with Gasteiger partial charge >= 0.3 is 0 Å². The molecule has 0 bridgehead atoms. The zero-order valence-corrected chi connectivity index (χ0v) is 15.5. The molecule has 0 saturated carbocycles. The molecule has 0 fully saturated rings. The highest BCUT2D eigenvalue weighted by atomic mass is 16.6. The van der Waals surface area contributed by atoms with Crippen LogP contribution >= 0.6 is 0 Å². The van der Waals surface area contributed by atoms with Gasteiger partial charge in [-0.05, 0) is 37.1 Å². The summed E-state index contributed by atoms with van der Waals surface area (Å²) in [4.78, 5) is 22.5. The van der Waals surface area contributed by atoms with E-state index in [-0.39, 0.29) is 18.0 Å². The second kappa shape index (κ2) is 8.30. The predicted octanol–water partition coefficient (Wildman–Crippen LogP) is 4.16. The minimum Gasteiger partial charge on any atom is -0.455 e. The second-order valence-corrected chi connectivity index (χ2v) is 6.41. The van der Waals surface area contributed by atoms with Crippen molar-refractivity contribution in [3.63, 3.8) is 0 Å². The molecular weight excluding hydrogens is 358 g/mol. The number of nitro groups is 1. The van der Waals surface area contributed by atoms with Crippen LogP contribution in [0.5, 0.6) is 0 Å². The highest BCUT2D eigenvalue weighted by Crippen LogP contribution is 2.28. The van der Waals surface area contributed by atoms with Crippen molar-refractivity contribution < 1.29 is 14.1 Å². The minimum absolute atomic E-state index is 0.00409. The third-order valence-corrected chi connectivity index (χ3v) is 4.19. The maximum Gasteiger partial charge on any atom is 0.270 e. The third kappa shape index (κ3) is 4.70. The van der Waals surface area contributed by atoms with Crippen LogP contribution in [0.3, 0.4) is 0 Å². The number of carbonyl (C=O) groups is 1. The first-order chi connectivity index (χ1) is 13.4. The number of benzene rings is 2. The highest BCUT2D eigenvalue weighted by Gasteiger charge is 2.13. The van der Waals surface area contributed by atoms with Crippen LogP contribution in [-0.4, -0.2) is 17.0 Å². The molecule has 3 rings (SSSR count). The topological polar surface area (TPSA) is 97.7 Å². The highest BCUT2D eigenvalue weighted by molar-refractivity contribution is 5.82. The Morgan fingerprint density at radius 1 is 1.14 bits per heavy atom. The normalized spacial score (nSPS) is 10.9. The van der Waals surface area contributed by atoms with Gasteiger partial charge in [-0.25, -0.2) is 5.43 Å². The number of nitro benzene ring substituents is 1. The average molecular weight is 377 g/mol. The van der Waals surface area contributed by atoms with E-state index in [1.807, 2.05) is 38.1 Å². The monoisotopic (exact) mass is 377 g/mol. The quantitative estimate of drug-likeness (QED) is 0.396. The van der Waals surface area contributed by atoms with E-state index in [0.717, 1.165) is 16.7 Å². The van der Waals surface area contributed by atoms with Gasteiger partial charge in [0.05, 0.1) is 17.6 Å². The minimum atomic E-state index is -0.447. The van der Waals surface area contributed by atoms with Crippen molar-refractivity contribution in [3.05, 3.63) is 87.2 Å². The Kier molecular flexibility index (Phi) is 5.64. The van der Waals surface area contributed by atoms with E-state index < -0.39 is 4.92 Å². The van der Waals surface area contributed by atoms with Crippen molar-refractivity contribution in [3.8, 4) is 11.3 Å². The molecule has 1 N–H and O–H groups in total. The largest absolute Gasteiger partial charge is 0.455 e. The van der Waals surface area contributed by atoms with Gasteiger partial charge in [-0.2, -0.15) is 5.10 Å². The number of nitrogens with one attached hydrogen (secondary N) is 1. The number of carbonyl (C=O) groups excluding carboxylic acids is 1. The van der Waals surface area contributed by atoms with E-state index in [1.54, 1.807) is 18.2 Å². The lowest BCUT2D eigenvalue weighted by molar-refractivity contribution is -0.384. The molecule has 2 aromatic carbocycles. The summed E-state index contributed by atoms with van der Waals surface area (Å²) in [5.41, 5.74) is 5.99. The van der Waals surface area contributed by atoms with E-state index in [0.29, 0.717) is 17.1 Å². The summed E-state index contributed by atoms with van der Waals surface area (Å²) in [6.45, 7) is 3.83. The van der Waals surface area contributed by atoms with Crippen molar-refractivity contribution in [2.24, 2.45) is 5.10 Å². The molecule has 1 heterocycles. The molecule has 0 radical (unpaired) electrons. The SMILES string of the molecule is Cc1ccc(CC(=O)N/N=C\c2ccc(-c3cc([N+](=O)[O-])ccc3C)o2)cc1. The molecule has 0 aliphatic rings. The molecular formula is C21H19N3O4. The van der Waals surface area contributed by atoms with Crippen molar-refractivity contribution in [1.82, 2.24) is 5.43 Å². The standard InChI is InChI=1S/C21H19N3O4/c1-14-3-6-16(7-4-14)11-21(25)23-22-13-18-9-10-20(28-18)19-12-17(24(26)27)8-5-15(19)2/h3-10,12-13H,11H2,1-2H3,(H,23,25)/b22-13-. The summed E-state index contributed by atoms with van der Waals surface area (Å²) in [5, 5.41) is 14.9. The molecule has 142 valence electrons. The first-order valence-electron chi connectivity index (χ1n) is 8.65. The molecule has 0 saturated heterocycles. The fourth-order valence-electron chi connectivity index (χ4n) is 2.65. The maximum atomic E-state index is 11.9. The van der Waals surface area contributed by atoms with E-state index >= 15 is 0 Å². The van der Waals surface area contributed by atoms with Gasteiger partial charge < -0.3 is 4.42 Å². The summed E-state index contributed by atoms with van der Waals surface area (Å²) < 4.78 is 5.68. The zero-order chi connectivity index (χ0) is 20.1. The number of furan rings is 1. The van der Waals surface area contributed by atoms with Crippen LogP contribution in [0.4, 0.5) is 5.69 Å². The van der Waals surface area contributed by atoms with Gasteiger partial charge in [0.15, 0.2) is 0 Å². The summed E-state index contributed by atoms with van der Waals surface area (Å²) in [6, 6.07) is 15.7. The lowest BCUT2D eigenvalue weighted by Crippen LogP contribution is -2.19. The van der Waals surface area contributed by atoms with Crippen molar-refractivity contribution >= 4 is 17.8 Å². The molecule has 28 heavy (non-hydrogen) atoms. The Bertz CT molecular complexity index is 1040. The summed E-state index contributed by atoms with van der Waals surface area (Å²) in [6.07, 6.45) is 1.62. The molecule has 0 atom stereocenters. The van der Waals surface area contributed by atoms with Crippen molar-refractivity contribution in [2.75, 3.05) is 0 Å². The van der Waals surface area contributed by atoms with Crippen LogP contribution in [-0.2, 0) is 11.2 Å². The van der Waals surface area contributed by atoms with Gasteiger partial charge in [0.1, 0.15) is 11.5 Å². The number of hydrazone groups is 1. The van der Waals surface area contributed by atoms with Crippen molar-refractivity contribution in [1.29, 1.82) is 0 Å². The van der Waals surface area contributed by atoms with Crippen LogP contribution in [0.2, 0.25) is 0 Å². The molecule has 7 heteroatoms. The molecule has 0 spiro atoms. The fourth-order valence-corrected chi connectivity index (χ4v) is 2.65. The molecule has 0 aliphatic carbocycles. The maximum absolute atomic E-state index is 11.9. The number of rotatable bonds is 6. The van der Waals surface area contributed by atoms with Gasteiger partial charge in [-0.15, -0.1) is 0 Å². The number of non-ortho nitro benzene ring substituents is 1. The molecule has 7 nitrogen and oxygen atoms in total. The molecule has 1 aromatic heterocycles. The number of hydrogen-bond donors (Lipinski definition) is 1. The number of hydrogen-bond acceptors (Lipinski definition) is 5. The average Bonchev–Trinajstić information content (AvgIpc) is 3.12. The fraction of sp³-hybridized carbons (Fsp3) is 0.143. The summed E-state index contributed by atoms with van der Waals surface area (Å²) in [7, 11) is 0. The lowest BCUT2D eigenvalue weighted by Gasteiger charge is -2.02. The predicted molar refractivity (Wildman–Crippen MR) is 106 cm³/mol. The lowest BCUT2D eigenvalue weighted by atomic mass is 10.1. The number of amides is 1. The Morgan fingerprint density at radius 2 is 1.89 bits per heavy atom. The van der Waals surface area contributed by atoms with Crippen LogP contribution in [0.15, 0.2) is 64.1 Å². The van der Waals surface area contributed by atoms with Crippen LogP contribution in [0.25, 0.3) is 11.3 Å². The first-order valence-corrected chi connectivity index (χ1v) is 8.65. The van der Waals surface area contributed by atoms with Gasteiger partial charge in [0, 0.05) is 17.7 Å². The van der Waals surface area contributed by atoms with Gasteiger partial charge in [-0.3, -0.25) is 14.9 Å². The Balaban J connectivity index is 1.64. The molecule has 3 aromatic rings. The van der Waals surface area contributed by atoms with E-state index in [2.05, 4.69) is 10.5 Å². The zero-order valence-electron chi connectivity index (χ0n) is 15.5. The summed E-state index contributed by atoms with van der Waals surface area (Å²) >= 11 is 0. The molecule has 0 aliphatic heterocycles.